The molecule has 4 rings (SSSR count). The summed E-state index contributed by atoms with van der Waals surface area (Å²) in [6.07, 6.45) is 0.863. The third-order valence-electron chi connectivity index (χ3n) is 5.52. The van der Waals surface area contributed by atoms with E-state index in [9.17, 15) is 9.59 Å². The van der Waals surface area contributed by atoms with Crippen LogP contribution in [-0.4, -0.2) is 17.5 Å². The number of thiophene rings is 1. The number of carbonyl (C=O) groups is 2. The molecular weight excluding hydrogens is 406 g/mol. The maximum Gasteiger partial charge on any atom is 0.256 e. The molecule has 0 bridgehead atoms. The van der Waals surface area contributed by atoms with Gasteiger partial charge in [-0.1, -0.05) is 42.0 Å². The van der Waals surface area contributed by atoms with Gasteiger partial charge in [-0.25, -0.2) is 5.43 Å². The predicted octanol–water partition coefficient (Wildman–Crippen LogP) is 5.26. The fourth-order valence-electron chi connectivity index (χ4n) is 3.51. The Morgan fingerprint density at radius 2 is 1.71 bits per heavy atom. The number of nitrogens with one attached hydrogen (secondary N) is 2. The van der Waals surface area contributed by atoms with Crippen LogP contribution in [-0.2, 0) is 4.79 Å². The van der Waals surface area contributed by atoms with Gasteiger partial charge in [-0.3, -0.25) is 9.59 Å². The van der Waals surface area contributed by atoms with Crippen LogP contribution in [0.1, 0.15) is 51.2 Å². The number of rotatable bonds is 6. The maximum atomic E-state index is 12.4. The normalized spacial score (nSPS) is 17.8. The molecule has 158 valence electrons. The first-order valence-electron chi connectivity index (χ1n) is 10.3. The van der Waals surface area contributed by atoms with Crippen LogP contribution in [0.4, 0.5) is 5.69 Å². The van der Waals surface area contributed by atoms with Gasteiger partial charge < -0.3 is 5.32 Å². The molecule has 2 aromatic carbocycles. The molecular formula is C25H25N3O2S. The number of benzene rings is 2. The minimum Gasteiger partial charge on any atom is -0.322 e. The molecule has 1 aliphatic carbocycles. The van der Waals surface area contributed by atoms with E-state index in [1.807, 2.05) is 49.6 Å². The molecule has 0 radical (unpaired) electrons. The van der Waals surface area contributed by atoms with Crippen molar-refractivity contribution in [3.63, 3.8) is 0 Å². The molecule has 1 heterocycles. The van der Waals surface area contributed by atoms with E-state index in [0.717, 1.165) is 16.9 Å². The third-order valence-corrected chi connectivity index (χ3v) is 6.38. The maximum absolute atomic E-state index is 12.4. The molecule has 0 unspecified atom stereocenters. The summed E-state index contributed by atoms with van der Waals surface area (Å²) in [5.74, 6) is 0.103. The van der Waals surface area contributed by atoms with Gasteiger partial charge in [0.2, 0.25) is 5.91 Å². The number of nitrogens with zero attached hydrogens (tertiary/aromatic N) is 1. The van der Waals surface area contributed by atoms with E-state index < -0.39 is 0 Å². The van der Waals surface area contributed by atoms with Crippen molar-refractivity contribution >= 4 is 34.6 Å². The van der Waals surface area contributed by atoms with Crippen molar-refractivity contribution in [1.29, 1.82) is 0 Å². The summed E-state index contributed by atoms with van der Waals surface area (Å²) in [5, 5.41) is 9.01. The first-order valence-corrected chi connectivity index (χ1v) is 11.2. The number of carbonyl (C=O) groups excluding carboxylic acids is 2. The lowest BCUT2D eigenvalue weighted by molar-refractivity contribution is -0.122. The summed E-state index contributed by atoms with van der Waals surface area (Å²) in [6.45, 7) is 5.89. The Morgan fingerprint density at radius 3 is 2.35 bits per heavy atom. The second-order valence-electron chi connectivity index (χ2n) is 8.01. The molecule has 3 aromatic rings. The number of amides is 2. The van der Waals surface area contributed by atoms with Crippen LogP contribution in [0.2, 0.25) is 0 Å². The van der Waals surface area contributed by atoms with E-state index in [4.69, 9.17) is 0 Å². The summed E-state index contributed by atoms with van der Waals surface area (Å²) < 4.78 is 0. The summed E-state index contributed by atoms with van der Waals surface area (Å²) in [7, 11) is 0. The molecule has 0 spiro atoms. The van der Waals surface area contributed by atoms with Gasteiger partial charge in [-0.15, -0.1) is 11.3 Å². The van der Waals surface area contributed by atoms with E-state index in [2.05, 4.69) is 47.0 Å². The van der Waals surface area contributed by atoms with Crippen LogP contribution in [0.5, 0.6) is 0 Å². The molecule has 2 atom stereocenters. The highest BCUT2D eigenvalue weighted by atomic mass is 32.1. The van der Waals surface area contributed by atoms with Crippen molar-refractivity contribution in [2.24, 2.45) is 11.0 Å². The first kappa shape index (κ1) is 21.0. The van der Waals surface area contributed by atoms with Gasteiger partial charge in [0.05, 0.1) is 11.3 Å². The molecule has 31 heavy (non-hydrogen) atoms. The van der Waals surface area contributed by atoms with E-state index in [1.165, 1.54) is 11.1 Å². The molecule has 1 aliphatic rings. The average Bonchev–Trinajstić information content (AvgIpc) is 3.45. The minimum atomic E-state index is -0.123. The topological polar surface area (TPSA) is 70.6 Å². The van der Waals surface area contributed by atoms with Crippen molar-refractivity contribution in [1.82, 2.24) is 5.43 Å². The average molecular weight is 432 g/mol. The van der Waals surface area contributed by atoms with Crippen LogP contribution >= 0.6 is 11.3 Å². The van der Waals surface area contributed by atoms with Gasteiger partial charge in [0.15, 0.2) is 0 Å². The largest absolute Gasteiger partial charge is 0.322 e. The van der Waals surface area contributed by atoms with E-state index in [-0.39, 0.29) is 23.7 Å². The zero-order valence-electron chi connectivity index (χ0n) is 17.8. The first-order chi connectivity index (χ1) is 14.9. The molecule has 2 N–H and O–H groups in total. The Morgan fingerprint density at radius 1 is 1.00 bits per heavy atom. The van der Waals surface area contributed by atoms with Crippen LogP contribution in [0.3, 0.4) is 0 Å². The quantitative estimate of drug-likeness (QED) is 0.413. The van der Waals surface area contributed by atoms with Gasteiger partial charge in [-0.05, 0) is 62.4 Å². The SMILES string of the molecule is C/C(=N/NC(=O)[C@@H]1C[C@@H]1c1ccc(C)cc1)c1ccc(NC(=O)c2csc(C)c2)cc1. The van der Waals surface area contributed by atoms with E-state index >= 15 is 0 Å². The Bertz CT molecular complexity index is 1130. The van der Waals surface area contributed by atoms with Crippen LogP contribution < -0.4 is 10.7 Å². The third kappa shape index (κ3) is 5.09. The van der Waals surface area contributed by atoms with Crippen molar-refractivity contribution in [2.45, 2.75) is 33.1 Å². The summed E-state index contributed by atoms with van der Waals surface area (Å²) in [4.78, 5) is 25.8. The van der Waals surface area contributed by atoms with Gasteiger partial charge in [0, 0.05) is 21.9 Å². The molecule has 1 aromatic heterocycles. The van der Waals surface area contributed by atoms with Crippen molar-refractivity contribution in [3.8, 4) is 0 Å². The Kier molecular flexibility index (Phi) is 6.00. The number of hydrogen-bond acceptors (Lipinski definition) is 4. The van der Waals surface area contributed by atoms with Crippen LogP contribution in [0.25, 0.3) is 0 Å². The molecule has 1 saturated carbocycles. The summed E-state index contributed by atoms with van der Waals surface area (Å²) in [6, 6.07) is 17.7. The highest BCUT2D eigenvalue weighted by Gasteiger charge is 2.43. The number of hydrazone groups is 1. The standard InChI is InChI=1S/C25H25N3O2S/c1-15-4-6-19(7-5-15)22-13-23(22)25(30)28-27-17(3)18-8-10-21(11-9-18)26-24(29)20-12-16(2)31-14-20/h4-12,14,22-23H,13H2,1-3H3,(H,26,29)(H,28,30)/b27-17-/t22-,23-/m1/s1. The fourth-order valence-corrected chi connectivity index (χ4v) is 4.20. The molecule has 6 heteroatoms. The highest BCUT2D eigenvalue weighted by molar-refractivity contribution is 7.10. The van der Waals surface area contributed by atoms with Crippen molar-refractivity contribution in [2.75, 3.05) is 5.32 Å². The minimum absolute atomic E-state index is 0.0161. The molecule has 0 saturated heterocycles. The number of hydrogen-bond donors (Lipinski definition) is 2. The van der Waals surface area contributed by atoms with Gasteiger partial charge in [0.1, 0.15) is 0 Å². The van der Waals surface area contributed by atoms with Gasteiger partial charge in [-0.2, -0.15) is 5.10 Å². The van der Waals surface area contributed by atoms with Gasteiger partial charge >= 0.3 is 0 Å². The Hall–Kier alpha value is -3.25. The smallest absolute Gasteiger partial charge is 0.256 e. The highest BCUT2D eigenvalue weighted by Crippen LogP contribution is 2.47. The second-order valence-corrected chi connectivity index (χ2v) is 9.13. The lowest BCUT2D eigenvalue weighted by Gasteiger charge is -2.06. The number of anilines is 1. The van der Waals surface area contributed by atoms with E-state index in [0.29, 0.717) is 17.0 Å². The van der Waals surface area contributed by atoms with Crippen LogP contribution in [0, 0.1) is 19.8 Å². The van der Waals surface area contributed by atoms with Crippen molar-refractivity contribution < 1.29 is 9.59 Å². The Labute approximate surface area is 186 Å². The zero-order valence-corrected chi connectivity index (χ0v) is 18.6. The predicted molar refractivity (Wildman–Crippen MR) is 126 cm³/mol. The summed E-state index contributed by atoms with van der Waals surface area (Å²) in [5.41, 5.74) is 8.11. The Balaban J connectivity index is 1.31. The zero-order chi connectivity index (χ0) is 22.0. The van der Waals surface area contributed by atoms with Gasteiger partial charge in [0.25, 0.3) is 5.91 Å². The number of aryl methyl sites for hydroxylation is 2. The fraction of sp³-hybridized carbons (Fsp3) is 0.240. The second kappa shape index (κ2) is 8.86. The van der Waals surface area contributed by atoms with Crippen LogP contribution in [0.15, 0.2) is 65.1 Å². The molecule has 1 fully saturated rings. The molecule has 2 amide bonds. The molecule has 0 aliphatic heterocycles. The van der Waals surface area contributed by atoms with Crippen molar-refractivity contribution in [3.05, 3.63) is 87.1 Å². The lowest BCUT2D eigenvalue weighted by Crippen LogP contribution is -2.21. The lowest BCUT2D eigenvalue weighted by atomic mass is 10.1. The monoisotopic (exact) mass is 431 g/mol. The van der Waals surface area contributed by atoms with E-state index in [1.54, 1.807) is 11.3 Å². The summed E-state index contributed by atoms with van der Waals surface area (Å²) >= 11 is 1.55. The molecule has 5 nitrogen and oxygen atoms in total.